The molecule has 0 aliphatic carbocycles. The Kier molecular flexibility index (Phi) is 18.9. The Balaban J connectivity index is 0.000000300. The average molecular weight is 885 g/mol. The molecule has 2 aliphatic heterocycles. The van der Waals surface area contributed by atoms with Crippen molar-refractivity contribution in [2.24, 2.45) is 0 Å². The van der Waals surface area contributed by atoms with Gasteiger partial charge in [0.1, 0.15) is 6.10 Å². The minimum atomic E-state index is -5.72. The highest BCUT2D eigenvalue weighted by atomic mass is 19.4. The summed E-state index contributed by atoms with van der Waals surface area (Å²) >= 11 is 0. The van der Waals surface area contributed by atoms with Crippen LogP contribution in [0.2, 0.25) is 0 Å². The minimum absolute atomic E-state index is 0. The van der Waals surface area contributed by atoms with Crippen molar-refractivity contribution in [2.45, 2.75) is 85.9 Å². The van der Waals surface area contributed by atoms with E-state index in [1.807, 2.05) is 49.1 Å². The molecule has 6 rings (SSSR count). The summed E-state index contributed by atoms with van der Waals surface area (Å²) in [5, 5.41) is 11.2. The smallest absolute Gasteiger partial charge is 0.426 e. The lowest BCUT2D eigenvalue weighted by atomic mass is 9.98. The fourth-order valence-electron chi connectivity index (χ4n) is 6.69. The summed E-state index contributed by atoms with van der Waals surface area (Å²) in [5.41, 5.74) is 12.3. The van der Waals surface area contributed by atoms with Gasteiger partial charge < -0.3 is 20.1 Å². The number of aryl methyl sites for hydroxylation is 4. The van der Waals surface area contributed by atoms with Crippen LogP contribution in [0.3, 0.4) is 0 Å². The molecule has 4 aromatic rings. The van der Waals surface area contributed by atoms with Crippen LogP contribution < -0.4 is 5.32 Å². The second kappa shape index (κ2) is 22.6. The lowest BCUT2D eigenvalue weighted by Gasteiger charge is -2.35. The number of alkyl halides is 9. The maximum atomic E-state index is 12.6. The molecule has 0 bridgehead atoms. The standard InChI is InChI=1S/C23H24F6N2O2.C19H24N2.C3H5F3O.CH4/c1-15-4-3-5-17(12-15)18-6-7-19(16(2)13-18)14-30-8-10-31(11-9-30)21(32)33-20(22(24,25)26)23(27,28)29;1-15-4-3-5-17(12-15)18-6-7-19(16(2)13-18)14-21-10-8-20-9-11-21;1-2(7)3(4,5)6;/h3-7,12-13,20H,8-11,14H2,1-2H3;3-7,12-13,20H,8-11,14H2,1-2H3;2,7H,1H3;1H4. The first-order chi connectivity index (χ1) is 28.5. The molecule has 62 heavy (non-hydrogen) atoms. The van der Waals surface area contributed by atoms with Crippen molar-refractivity contribution >= 4 is 6.09 Å². The van der Waals surface area contributed by atoms with Crippen molar-refractivity contribution in [3.8, 4) is 22.3 Å². The van der Waals surface area contributed by atoms with Crippen LogP contribution in [0.15, 0.2) is 84.9 Å². The number of halogens is 9. The molecule has 0 saturated carbocycles. The summed E-state index contributed by atoms with van der Waals surface area (Å²) in [6, 6.07) is 29.8. The number of piperazine rings is 2. The van der Waals surface area contributed by atoms with Crippen molar-refractivity contribution < 1.29 is 54.2 Å². The first kappa shape index (κ1) is 51.7. The third-order valence-electron chi connectivity index (χ3n) is 10.3. The van der Waals surface area contributed by atoms with E-state index < -0.39 is 36.8 Å². The van der Waals surface area contributed by atoms with Crippen molar-refractivity contribution in [2.75, 3.05) is 52.4 Å². The Morgan fingerprint density at radius 1 is 0.613 bits per heavy atom. The highest BCUT2D eigenvalue weighted by molar-refractivity contribution is 5.68. The topological polar surface area (TPSA) is 68.3 Å². The lowest BCUT2D eigenvalue weighted by Crippen LogP contribution is -2.52. The van der Waals surface area contributed by atoms with Crippen LogP contribution in [0.4, 0.5) is 44.3 Å². The zero-order chi connectivity index (χ0) is 45.1. The van der Waals surface area contributed by atoms with E-state index in [1.165, 1.54) is 27.8 Å². The molecule has 2 aliphatic rings. The van der Waals surface area contributed by atoms with Crippen LogP contribution in [0.1, 0.15) is 47.7 Å². The van der Waals surface area contributed by atoms with E-state index in [2.05, 4.69) is 83.4 Å². The van der Waals surface area contributed by atoms with Crippen molar-refractivity contribution in [1.29, 1.82) is 0 Å². The Hall–Kier alpha value is -4.64. The average Bonchev–Trinajstić information content (AvgIpc) is 3.18. The zero-order valence-corrected chi connectivity index (χ0v) is 34.8. The molecule has 0 aromatic heterocycles. The molecule has 2 N–H and O–H groups in total. The van der Waals surface area contributed by atoms with E-state index in [0.717, 1.165) is 65.4 Å². The van der Waals surface area contributed by atoms with Gasteiger partial charge in [-0.05, 0) is 79.1 Å². The highest BCUT2D eigenvalue weighted by Crippen LogP contribution is 2.36. The molecular formula is C46H57F9N4O3. The number of rotatable bonds is 7. The van der Waals surface area contributed by atoms with E-state index in [9.17, 15) is 44.3 Å². The first-order valence-electron chi connectivity index (χ1n) is 19.8. The number of amides is 1. The first-order valence-corrected chi connectivity index (χ1v) is 19.8. The van der Waals surface area contributed by atoms with E-state index in [0.29, 0.717) is 26.6 Å². The Morgan fingerprint density at radius 3 is 1.35 bits per heavy atom. The maximum absolute atomic E-state index is 12.6. The van der Waals surface area contributed by atoms with Gasteiger partial charge in [-0.3, -0.25) is 9.80 Å². The van der Waals surface area contributed by atoms with Crippen LogP contribution in [0.25, 0.3) is 22.3 Å². The highest BCUT2D eigenvalue weighted by Gasteiger charge is 2.60. The van der Waals surface area contributed by atoms with Gasteiger partial charge in [0, 0.05) is 65.4 Å². The zero-order valence-electron chi connectivity index (χ0n) is 34.8. The molecule has 2 heterocycles. The van der Waals surface area contributed by atoms with Gasteiger partial charge in [-0.25, -0.2) is 4.79 Å². The van der Waals surface area contributed by atoms with Crippen LogP contribution in [-0.2, 0) is 17.8 Å². The van der Waals surface area contributed by atoms with Crippen LogP contribution >= 0.6 is 0 Å². The lowest BCUT2D eigenvalue weighted by molar-refractivity contribution is -0.308. The molecule has 342 valence electrons. The number of ether oxygens (including phenoxy) is 1. The van der Waals surface area contributed by atoms with Gasteiger partial charge in [0.15, 0.2) is 0 Å². The number of nitrogens with zero attached hydrogens (tertiary/aromatic N) is 3. The summed E-state index contributed by atoms with van der Waals surface area (Å²) in [5.74, 6) is 0. The quantitative estimate of drug-likeness (QED) is 0.180. The summed E-state index contributed by atoms with van der Waals surface area (Å²) in [7, 11) is 0. The van der Waals surface area contributed by atoms with E-state index in [-0.39, 0.29) is 20.5 Å². The van der Waals surface area contributed by atoms with E-state index >= 15 is 0 Å². The number of nitrogens with one attached hydrogen (secondary N) is 1. The molecule has 16 heteroatoms. The number of carbonyl (C=O) groups is 1. The van der Waals surface area contributed by atoms with Crippen LogP contribution in [0.5, 0.6) is 0 Å². The van der Waals surface area contributed by atoms with Crippen molar-refractivity contribution in [1.82, 2.24) is 20.0 Å². The van der Waals surface area contributed by atoms with Gasteiger partial charge in [0.2, 0.25) is 0 Å². The molecule has 0 spiro atoms. The van der Waals surface area contributed by atoms with Crippen molar-refractivity contribution in [3.63, 3.8) is 0 Å². The van der Waals surface area contributed by atoms with Gasteiger partial charge >= 0.3 is 24.6 Å². The fourth-order valence-corrected chi connectivity index (χ4v) is 6.69. The molecule has 1 unspecified atom stereocenters. The summed E-state index contributed by atoms with van der Waals surface area (Å²) < 4.78 is 112. The second-order valence-electron chi connectivity index (χ2n) is 15.4. The van der Waals surface area contributed by atoms with Gasteiger partial charge in [-0.15, -0.1) is 0 Å². The van der Waals surface area contributed by atoms with Crippen LogP contribution in [0, 0.1) is 27.7 Å². The summed E-state index contributed by atoms with van der Waals surface area (Å²) in [4.78, 5) is 17.3. The number of hydrogen-bond acceptors (Lipinski definition) is 6. The molecule has 4 aromatic carbocycles. The number of hydrogen-bond donors (Lipinski definition) is 2. The fraction of sp³-hybridized carbons (Fsp3) is 0.457. The molecule has 2 fully saturated rings. The predicted molar refractivity (Wildman–Crippen MR) is 225 cm³/mol. The molecular weight excluding hydrogens is 828 g/mol. The minimum Gasteiger partial charge on any atom is -0.426 e. The SMILES string of the molecule is C.CC(O)C(F)(F)F.Cc1cccc(-c2ccc(CN3CCN(C(=O)OC(C(F)(F)F)C(F)(F)F)CC3)c(C)c2)c1.Cc1cccc(-c2ccc(CN3CCNCC3)c(C)c2)c1. The molecule has 1 atom stereocenters. The largest absolute Gasteiger partial charge is 0.434 e. The molecule has 0 radical (unpaired) electrons. The summed E-state index contributed by atoms with van der Waals surface area (Å²) in [6.45, 7) is 15.8. The monoisotopic (exact) mass is 884 g/mol. The number of aliphatic hydroxyl groups excluding tert-OH is 1. The molecule has 7 nitrogen and oxygen atoms in total. The normalized spacial score (nSPS) is 15.7. The van der Waals surface area contributed by atoms with Gasteiger partial charge in [-0.2, -0.15) is 39.5 Å². The molecule has 2 saturated heterocycles. The molecule has 1 amide bonds. The van der Waals surface area contributed by atoms with E-state index in [4.69, 9.17) is 5.11 Å². The number of benzene rings is 4. The van der Waals surface area contributed by atoms with Gasteiger partial charge in [0.25, 0.3) is 6.10 Å². The Labute approximate surface area is 358 Å². The summed E-state index contributed by atoms with van der Waals surface area (Å²) in [6.07, 6.45) is -23.8. The van der Waals surface area contributed by atoms with Gasteiger partial charge in [-0.1, -0.05) is 103 Å². The van der Waals surface area contributed by atoms with E-state index in [1.54, 1.807) is 0 Å². The van der Waals surface area contributed by atoms with Gasteiger partial charge in [0.05, 0.1) is 0 Å². The third-order valence-corrected chi connectivity index (χ3v) is 10.3. The predicted octanol–water partition coefficient (Wildman–Crippen LogP) is 10.7. The number of carbonyl (C=O) groups excluding carboxylic acids is 1. The third kappa shape index (κ3) is 15.9. The van der Waals surface area contributed by atoms with Crippen molar-refractivity contribution in [3.05, 3.63) is 118 Å². The second-order valence-corrected chi connectivity index (χ2v) is 15.4. The Morgan fingerprint density at radius 2 is 1.00 bits per heavy atom. The number of aliphatic hydroxyl groups is 1. The van der Waals surface area contributed by atoms with Crippen LogP contribution in [-0.4, -0.2) is 109 Å². The Bertz CT molecular complexity index is 2010. The maximum Gasteiger partial charge on any atom is 0.434 e.